The van der Waals surface area contributed by atoms with Gasteiger partial charge in [0.25, 0.3) is 11.6 Å². The van der Waals surface area contributed by atoms with Gasteiger partial charge in [-0.1, -0.05) is 23.2 Å². The molecule has 1 aromatic rings. The van der Waals surface area contributed by atoms with Crippen molar-refractivity contribution in [2.45, 2.75) is 17.0 Å². The summed E-state index contributed by atoms with van der Waals surface area (Å²) in [5.41, 5.74) is 4.37. The molecule has 0 unspecified atom stereocenters. The second-order valence-corrected chi connectivity index (χ2v) is 5.66. The molecule has 0 aromatic heterocycles. The van der Waals surface area contributed by atoms with Crippen molar-refractivity contribution in [1.29, 1.82) is 0 Å². The lowest BCUT2D eigenvalue weighted by Crippen LogP contribution is -2.44. The molecular formula is C13H15Cl2N3O8. The third kappa shape index (κ3) is 8.07. The average molecular weight is 412 g/mol. The number of alkyl halides is 2. The van der Waals surface area contributed by atoms with Gasteiger partial charge in [0.2, 0.25) is 0 Å². The summed E-state index contributed by atoms with van der Waals surface area (Å²) in [5.74, 6) is -3.68. The maximum absolute atomic E-state index is 11.3. The van der Waals surface area contributed by atoms with E-state index >= 15 is 0 Å². The van der Waals surface area contributed by atoms with E-state index in [0.717, 1.165) is 0 Å². The first kappa shape index (κ1) is 23.5. The van der Waals surface area contributed by atoms with Crippen LogP contribution >= 0.6 is 23.2 Å². The van der Waals surface area contributed by atoms with E-state index in [2.05, 4.69) is 11.1 Å². The smallest absolute Gasteiger partial charge is 0.394 e. The largest absolute Gasteiger partial charge is 0.474 e. The lowest BCUT2D eigenvalue weighted by Gasteiger charge is -2.22. The van der Waals surface area contributed by atoms with Gasteiger partial charge in [0.1, 0.15) is 6.10 Å². The Hall–Kier alpha value is -2.47. The monoisotopic (exact) mass is 411 g/mol. The fourth-order valence-corrected chi connectivity index (χ4v) is 1.62. The van der Waals surface area contributed by atoms with Crippen LogP contribution in [0.15, 0.2) is 24.3 Å². The van der Waals surface area contributed by atoms with E-state index in [1.807, 2.05) is 0 Å². The highest BCUT2D eigenvalue weighted by atomic mass is 35.5. The number of aliphatic hydroxyl groups is 2. The molecule has 0 saturated heterocycles. The standard InChI is InChI=1S/C11H12Cl2N2O5.C2H3NO3/c12-10(13)11(18)14-8(5-16)9(17)6-1-3-7(4-2-6)15(19)20;3-1(4)2(5)6/h1-4,8-10,16-17H,5H2,(H,14,18);(H2,3,4)(H,5,6)/t8-,9-;/m1./s1. The second-order valence-electron chi connectivity index (χ2n) is 4.56. The topological polar surface area (TPSA) is 193 Å². The molecule has 2 amide bonds. The Morgan fingerprint density at radius 3 is 2.00 bits per heavy atom. The molecule has 13 heteroatoms. The molecule has 1 rings (SSSR count). The molecule has 0 aliphatic heterocycles. The fraction of sp³-hybridized carbons (Fsp3) is 0.308. The number of carbonyl (C=O) groups is 3. The van der Waals surface area contributed by atoms with Crippen LogP contribution in [0.25, 0.3) is 0 Å². The summed E-state index contributed by atoms with van der Waals surface area (Å²) in [6.07, 6.45) is -1.25. The van der Waals surface area contributed by atoms with Crippen molar-refractivity contribution >= 4 is 46.7 Å². The highest BCUT2D eigenvalue weighted by Crippen LogP contribution is 2.20. The Balaban J connectivity index is 0.000000896. The van der Waals surface area contributed by atoms with Gasteiger partial charge in [0.15, 0.2) is 4.84 Å². The lowest BCUT2D eigenvalue weighted by atomic mass is 10.0. The van der Waals surface area contributed by atoms with E-state index in [0.29, 0.717) is 5.56 Å². The first-order valence-corrected chi connectivity index (χ1v) is 7.53. The van der Waals surface area contributed by atoms with Gasteiger partial charge in [0, 0.05) is 12.1 Å². The molecule has 0 heterocycles. The van der Waals surface area contributed by atoms with Crippen LogP contribution in [-0.2, 0) is 14.4 Å². The number of hydrogen-bond acceptors (Lipinski definition) is 7. The molecule has 11 nitrogen and oxygen atoms in total. The average Bonchev–Trinajstić information content (AvgIpc) is 2.59. The summed E-state index contributed by atoms with van der Waals surface area (Å²) in [4.78, 5) is 38.5. The predicted octanol–water partition coefficient (Wildman–Crippen LogP) is -0.535. The Labute approximate surface area is 156 Å². The molecule has 0 radical (unpaired) electrons. The normalized spacial score (nSPS) is 12.3. The number of carboxylic acid groups (broad SMARTS) is 1. The van der Waals surface area contributed by atoms with Crippen molar-refractivity contribution in [3.63, 3.8) is 0 Å². The van der Waals surface area contributed by atoms with Gasteiger partial charge in [-0.15, -0.1) is 0 Å². The van der Waals surface area contributed by atoms with E-state index in [9.17, 15) is 29.6 Å². The third-order valence-electron chi connectivity index (χ3n) is 2.76. The van der Waals surface area contributed by atoms with Crippen molar-refractivity contribution in [3.8, 4) is 0 Å². The number of hydrogen-bond donors (Lipinski definition) is 5. The molecular weight excluding hydrogens is 397 g/mol. The number of aliphatic hydroxyl groups excluding tert-OH is 2. The number of halogens is 2. The van der Waals surface area contributed by atoms with Crippen LogP contribution < -0.4 is 11.1 Å². The summed E-state index contributed by atoms with van der Waals surface area (Å²) < 4.78 is 0. The molecule has 0 saturated carbocycles. The molecule has 6 N–H and O–H groups in total. The molecule has 0 bridgehead atoms. The van der Waals surface area contributed by atoms with Crippen LogP contribution in [0.4, 0.5) is 5.69 Å². The first-order valence-electron chi connectivity index (χ1n) is 6.65. The maximum Gasteiger partial charge on any atom is 0.394 e. The summed E-state index contributed by atoms with van der Waals surface area (Å²) in [7, 11) is 0. The quantitative estimate of drug-likeness (QED) is 0.178. The van der Waals surface area contributed by atoms with Crippen molar-refractivity contribution in [3.05, 3.63) is 39.9 Å². The Kier molecular flexibility index (Phi) is 10.1. The number of nitrogens with one attached hydrogen (secondary N) is 1. The van der Waals surface area contributed by atoms with E-state index in [1.165, 1.54) is 24.3 Å². The molecule has 0 aliphatic carbocycles. The number of benzene rings is 1. The number of carboxylic acids is 1. The number of carbonyl (C=O) groups excluding carboxylic acids is 2. The highest BCUT2D eigenvalue weighted by molar-refractivity contribution is 6.53. The van der Waals surface area contributed by atoms with Gasteiger partial charge >= 0.3 is 11.9 Å². The number of non-ortho nitro benzene ring substituents is 1. The van der Waals surface area contributed by atoms with Crippen LogP contribution in [0.5, 0.6) is 0 Å². The number of rotatable bonds is 6. The molecule has 0 aliphatic rings. The molecule has 26 heavy (non-hydrogen) atoms. The van der Waals surface area contributed by atoms with E-state index < -0.39 is 46.3 Å². The molecule has 1 aromatic carbocycles. The lowest BCUT2D eigenvalue weighted by molar-refractivity contribution is -0.384. The van der Waals surface area contributed by atoms with Crippen LogP contribution in [-0.4, -0.2) is 55.5 Å². The zero-order valence-corrected chi connectivity index (χ0v) is 14.4. The SMILES string of the molecule is NC(=O)C(=O)O.O=C(N[C@H](CO)[C@H](O)c1ccc([N+](=O)[O-])cc1)C(Cl)Cl. The van der Waals surface area contributed by atoms with E-state index in [-0.39, 0.29) is 5.69 Å². The van der Waals surface area contributed by atoms with E-state index in [1.54, 1.807) is 0 Å². The van der Waals surface area contributed by atoms with Gasteiger partial charge in [-0.3, -0.25) is 19.7 Å². The number of nitrogens with two attached hydrogens (primary N) is 1. The molecule has 0 fully saturated rings. The van der Waals surface area contributed by atoms with Crippen molar-refractivity contribution in [2.24, 2.45) is 5.73 Å². The highest BCUT2D eigenvalue weighted by Gasteiger charge is 2.24. The van der Waals surface area contributed by atoms with Gasteiger partial charge in [0.05, 0.1) is 17.6 Å². The minimum absolute atomic E-state index is 0.132. The van der Waals surface area contributed by atoms with Crippen molar-refractivity contribution in [2.75, 3.05) is 6.61 Å². The zero-order valence-electron chi connectivity index (χ0n) is 12.9. The predicted molar refractivity (Wildman–Crippen MR) is 89.4 cm³/mol. The first-order chi connectivity index (χ1) is 12.0. The van der Waals surface area contributed by atoms with Crippen molar-refractivity contribution < 1.29 is 34.6 Å². The summed E-state index contributed by atoms with van der Waals surface area (Å²) in [6.45, 7) is -0.551. The number of primary amides is 1. The number of nitro benzene ring substituents is 1. The van der Waals surface area contributed by atoms with Gasteiger partial charge in [-0.2, -0.15) is 0 Å². The minimum Gasteiger partial charge on any atom is -0.474 e. The van der Waals surface area contributed by atoms with Crippen LogP contribution in [0.1, 0.15) is 11.7 Å². The number of nitro groups is 1. The van der Waals surface area contributed by atoms with Gasteiger partial charge in [-0.25, -0.2) is 4.79 Å². The number of amides is 2. The Morgan fingerprint density at radius 1 is 1.23 bits per heavy atom. The van der Waals surface area contributed by atoms with Gasteiger partial charge in [-0.05, 0) is 17.7 Å². The number of nitrogens with zero attached hydrogens (tertiary/aromatic N) is 1. The maximum atomic E-state index is 11.3. The molecule has 2 atom stereocenters. The molecule has 0 spiro atoms. The van der Waals surface area contributed by atoms with E-state index in [4.69, 9.17) is 33.4 Å². The Bertz CT molecular complexity index is 641. The number of aliphatic carboxylic acids is 1. The Morgan fingerprint density at radius 2 is 1.69 bits per heavy atom. The van der Waals surface area contributed by atoms with Crippen LogP contribution in [0.3, 0.4) is 0 Å². The van der Waals surface area contributed by atoms with Crippen LogP contribution in [0.2, 0.25) is 0 Å². The minimum atomic E-state index is -1.60. The summed E-state index contributed by atoms with van der Waals surface area (Å²) in [6, 6.07) is 4.05. The zero-order chi connectivity index (χ0) is 20.4. The summed E-state index contributed by atoms with van der Waals surface area (Å²) in [5, 5.41) is 39.5. The second kappa shape index (κ2) is 11.2. The summed E-state index contributed by atoms with van der Waals surface area (Å²) >= 11 is 10.7. The van der Waals surface area contributed by atoms with Gasteiger partial charge < -0.3 is 26.4 Å². The van der Waals surface area contributed by atoms with Crippen molar-refractivity contribution in [1.82, 2.24) is 5.32 Å². The fourth-order valence-electron chi connectivity index (χ4n) is 1.50. The van der Waals surface area contributed by atoms with Crippen LogP contribution in [0, 0.1) is 10.1 Å². The molecule has 144 valence electrons. The third-order valence-corrected chi connectivity index (χ3v) is 3.16.